The van der Waals surface area contributed by atoms with E-state index in [9.17, 15) is 0 Å². The lowest BCUT2D eigenvalue weighted by molar-refractivity contribution is 0.560. The van der Waals surface area contributed by atoms with E-state index >= 15 is 0 Å². The van der Waals surface area contributed by atoms with E-state index in [0.29, 0.717) is 12.4 Å². The Bertz CT molecular complexity index is 450. The number of benzene rings is 1. The molecule has 0 saturated carbocycles. The van der Waals surface area contributed by atoms with Gasteiger partial charge in [-0.2, -0.15) is 0 Å². The van der Waals surface area contributed by atoms with Crippen LogP contribution in [0.5, 0.6) is 0 Å². The maximum Gasteiger partial charge on any atom is 0.192 e. The Balaban J connectivity index is 2.50. The number of nitrogens with two attached hydrogens (primary N) is 2. The Kier molecular flexibility index (Phi) is 2.23. The molecule has 0 amide bonds. The Labute approximate surface area is 81.9 Å². The van der Waals surface area contributed by atoms with E-state index in [2.05, 4.69) is 4.98 Å². The number of hydrogen-bond acceptors (Lipinski definition) is 4. The first-order valence-corrected chi connectivity index (χ1v) is 4.53. The van der Waals surface area contributed by atoms with Gasteiger partial charge >= 0.3 is 0 Å². The summed E-state index contributed by atoms with van der Waals surface area (Å²) in [6.07, 6.45) is 0. The second kappa shape index (κ2) is 3.40. The molecule has 4 nitrogen and oxygen atoms in total. The number of rotatable bonds is 2. The molecule has 0 saturated heterocycles. The summed E-state index contributed by atoms with van der Waals surface area (Å²) in [4.78, 5) is 4.20. The van der Waals surface area contributed by atoms with E-state index in [0.717, 1.165) is 16.7 Å². The molecule has 0 spiro atoms. The van der Waals surface area contributed by atoms with Crippen LogP contribution < -0.4 is 11.5 Å². The highest BCUT2D eigenvalue weighted by molar-refractivity contribution is 5.73. The van der Waals surface area contributed by atoms with Crippen molar-refractivity contribution >= 4 is 11.1 Å². The van der Waals surface area contributed by atoms with Crippen molar-refractivity contribution in [1.29, 1.82) is 0 Å². The van der Waals surface area contributed by atoms with Crippen molar-refractivity contribution in [1.82, 2.24) is 4.98 Å². The first-order chi connectivity index (χ1) is 6.70. The Hall–Kier alpha value is -1.39. The molecule has 1 atom stereocenters. The fourth-order valence-corrected chi connectivity index (χ4v) is 1.42. The number of aryl methyl sites for hydroxylation is 1. The molecule has 74 valence electrons. The van der Waals surface area contributed by atoms with Crippen LogP contribution in [-0.4, -0.2) is 11.5 Å². The monoisotopic (exact) mass is 191 g/mol. The van der Waals surface area contributed by atoms with Crippen molar-refractivity contribution in [2.75, 3.05) is 6.54 Å². The summed E-state index contributed by atoms with van der Waals surface area (Å²) in [6, 6.07) is 5.59. The Morgan fingerprint density at radius 3 is 3.00 bits per heavy atom. The van der Waals surface area contributed by atoms with Crippen LogP contribution in [0.3, 0.4) is 0 Å². The Morgan fingerprint density at radius 2 is 2.29 bits per heavy atom. The van der Waals surface area contributed by atoms with Crippen LogP contribution in [0.25, 0.3) is 11.1 Å². The largest absolute Gasteiger partial charge is 0.441 e. The van der Waals surface area contributed by atoms with Gasteiger partial charge in [0.05, 0.1) is 0 Å². The van der Waals surface area contributed by atoms with Crippen LogP contribution in [0.15, 0.2) is 22.6 Å². The normalized spacial score (nSPS) is 13.4. The minimum absolute atomic E-state index is 0.134. The number of nitrogens with zero attached hydrogens (tertiary/aromatic N) is 1. The van der Waals surface area contributed by atoms with Gasteiger partial charge in [-0.3, -0.25) is 0 Å². The van der Waals surface area contributed by atoms with E-state index in [-0.39, 0.29) is 6.04 Å². The molecule has 1 heterocycles. The molecule has 4 N–H and O–H groups in total. The number of hydrogen-bond donors (Lipinski definition) is 2. The standard InChI is InChI=1S/C10H13N3O/c1-6-13-9-3-2-7(8(12)5-11)4-10(9)14-6/h2-4,8H,5,11-12H2,1H3. The molecule has 0 radical (unpaired) electrons. The van der Waals surface area contributed by atoms with Gasteiger partial charge in [0.1, 0.15) is 5.52 Å². The number of oxazole rings is 1. The smallest absolute Gasteiger partial charge is 0.192 e. The SMILES string of the molecule is Cc1nc2ccc(C(N)CN)cc2o1. The van der Waals surface area contributed by atoms with Gasteiger partial charge < -0.3 is 15.9 Å². The molecule has 0 fully saturated rings. The van der Waals surface area contributed by atoms with Gasteiger partial charge in [0.2, 0.25) is 0 Å². The van der Waals surface area contributed by atoms with E-state index in [1.54, 1.807) is 0 Å². The van der Waals surface area contributed by atoms with Crippen LogP contribution in [-0.2, 0) is 0 Å². The number of aromatic nitrogens is 1. The minimum atomic E-state index is -0.134. The third-order valence-corrected chi connectivity index (χ3v) is 2.20. The zero-order valence-electron chi connectivity index (χ0n) is 8.03. The molecule has 0 aliphatic carbocycles. The van der Waals surface area contributed by atoms with Crippen LogP contribution in [0.4, 0.5) is 0 Å². The molecule has 4 heteroatoms. The van der Waals surface area contributed by atoms with Crippen molar-refractivity contribution in [3.8, 4) is 0 Å². The number of fused-ring (bicyclic) bond motifs is 1. The zero-order chi connectivity index (χ0) is 10.1. The summed E-state index contributed by atoms with van der Waals surface area (Å²) in [6.45, 7) is 2.25. The van der Waals surface area contributed by atoms with Crippen molar-refractivity contribution in [3.63, 3.8) is 0 Å². The topological polar surface area (TPSA) is 78.1 Å². The molecule has 1 aromatic carbocycles. The molecular formula is C10H13N3O. The molecule has 1 aromatic heterocycles. The maximum absolute atomic E-state index is 5.81. The lowest BCUT2D eigenvalue weighted by Gasteiger charge is -2.07. The summed E-state index contributed by atoms with van der Waals surface area (Å²) >= 11 is 0. The maximum atomic E-state index is 5.81. The third-order valence-electron chi connectivity index (χ3n) is 2.20. The van der Waals surface area contributed by atoms with Crippen molar-refractivity contribution < 1.29 is 4.42 Å². The lowest BCUT2D eigenvalue weighted by atomic mass is 10.1. The molecule has 14 heavy (non-hydrogen) atoms. The average molecular weight is 191 g/mol. The van der Waals surface area contributed by atoms with Gasteiger partial charge in [-0.15, -0.1) is 0 Å². The average Bonchev–Trinajstić information content (AvgIpc) is 2.55. The van der Waals surface area contributed by atoms with E-state index in [4.69, 9.17) is 15.9 Å². The molecule has 2 rings (SSSR count). The van der Waals surface area contributed by atoms with Crippen LogP contribution in [0.1, 0.15) is 17.5 Å². The Morgan fingerprint density at radius 1 is 1.50 bits per heavy atom. The highest BCUT2D eigenvalue weighted by Gasteiger charge is 2.07. The molecule has 2 aromatic rings. The highest BCUT2D eigenvalue weighted by Crippen LogP contribution is 2.19. The summed E-state index contributed by atoms with van der Waals surface area (Å²) < 4.78 is 5.40. The van der Waals surface area contributed by atoms with E-state index in [1.165, 1.54) is 0 Å². The van der Waals surface area contributed by atoms with E-state index < -0.39 is 0 Å². The van der Waals surface area contributed by atoms with Gasteiger partial charge in [0.15, 0.2) is 11.5 Å². The summed E-state index contributed by atoms with van der Waals surface area (Å²) in [5.74, 6) is 0.665. The fraction of sp³-hybridized carbons (Fsp3) is 0.300. The fourth-order valence-electron chi connectivity index (χ4n) is 1.42. The molecule has 1 unspecified atom stereocenters. The molecule has 0 bridgehead atoms. The van der Waals surface area contributed by atoms with E-state index in [1.807, 2.05) is 25.1 Å². The second-order valence-electron chi connectivity index (χ2n) is 3.30. The van der Waals surface area contributed by atoms with Crippen LogP contribution in [0.2, 0.25) is 0 Å². The van der Waals surface area contributed by atoms with Gasteiger partial charge in [-0.1, -0.05) is 6.07 Å². The zero-order valence-corrected chi connectivity index (χ0v) is 8.03. The van der Waals surface area contributed by atoms with Crippen molar-refractivity contribution in [2.45, 2.75) is 13.0 Å². The van der Waals surface area contributed by atoms with Crippen molar-refractivity contribution in [2.24, 2.45) is 11.5 Å². The van der Waals surface area contributed by atoms with Crippen LogP contribution >= 0.6 is 0 Å². The first-order valence-electron chi connectivity index (χ1n) is 4.53. The first kappa shape index (κ1) is 9.18. The van der Waals surface area contributed by atoms with Gasteiger partial charge in [-0.25, -0.2) is 4.98 Å². The minimum Gasteiger partial charge on any atom is -0.441 e. The summed E-state index contributed by atoms with van der Waals surface area (Å²) in [7, 11) is 0. The van der Waals surface area contributed by atoms with Gasteiger partial charge in [-0.05, 0) is 17.7 Å². The van der Waals surface area contributed by atoms with Crippen molar-refractivity contribution in [3.05, 3.63) is 29.7 Å². The predicted molar refractivity (Wildman–Crippen MR) is 54.7 cm³/mol. The van der Waals surface area contributed by atoms with Gasteiger partial charge in [0.25, 0.3) is 0 Å². The summed E-state index contributed by atoms with van der Waals surface area (Å²) in [5, 5.41) is 0. The molecule has 0 aliphatic rings. The predicted octanol–water partition coefficient (Wildman–Crippen LogP) is 1.09. The lowest BCUT2D eigenvalue weighted by Crippen LogP contribution is -2.20. The van der Waals surface area contributed by atoms with Crippen LogP contribution in [0, 0.1) is 6.92 Å². The molecular weight excluding hydrogens is 178 g/mol. The third kappa shape index (κ3) is 1.49. The van der Waals surface area contributed by atoms with Gasteiger partial charge in [0, 0.05) is 19.5 Å². The quantitative estimate of drug-likeness (QED) is 0.745. The highest BCUT2D eigenvalue weighted by atomic mass is 16.3. The molecule has 0 aliphatic heterocycles. The second-order valence-corrected chi connectivity index (χ2v) is 3.30. The summed E-state index contributed by atoms with van der Waals surface area (Å²) in [5.41, 5.74) is 13.9.